The number of aromatic nitrogens is 1. The van der Waals surface area contributed by atoms with Gasteiger partial charge in [-0.05, 0) is 39.3 Å². The molecule has 2 heteroatoms. The summed E-state index contributed by atoms with van der Waals surface area (Å²) in [4.78, 5) is 4.23. The van der Waals surface area contributed by atoms with Gasteiger partial charge in [0.15, 0.2) is 0 Å². The summed E-state index contributed by atoms with van der Waals surface area (Å²) in [6, 6.07) is 4.10. The van der Waals surface area contributed by atoms with Gasteiger partial charge in [-0.15, -0.1) is 0 Å². The van der Waals surface area contributed by atoms with Crippen molar-refractivity contribution in [3.8, 4) is 0 Å². The monoisotopic (exact) mass is 204 g/mol. The molecule has 0 unspecified atom stereocenters. The van der Waals surface area contributed by atoms with E-state index in [9.17, 15) is 0 Å². The lowest BCUT2D eigenvalue weighted by molar-refractivity contribution is 0.450. The molecule has 1 N–H and O–H groups in total. The Hall–Kier alpha value is -1.15. The second-order valence-corrected chi connectivity index (χ2v) is 4.77. The predicted molar refractivity (Wildman–Crippen MR) is 65.8 cm³/mol. The first kappa shape index (κ1) is 11.9. The highest BCUT2D eigenvalue weighted by molar-refractivity contribution is 5.47. The smallest absolute Gasteiger partial charge is 0.0373 e. The standard InChI is InChI=1S/C13H20N2/c1-11-7-8-12(10-14-11)6-5-9-15-13(2,3)4/h5-8,10,15H,9H2,1-4H3/b6-5+. The average Bonchev–Trinajstić information content (AvgIpc) is 2.14. The summed E-state index contributed by atoms with van der Waals surface area (Å²) in [5, 5.41) is 3.40. The molecule has 1 aromatic heterocycles. The van der Waals surface area contributed by atoms with Crippen LogP contribution in [0.15, 0.2) is 24.4 Å². The van der Waals surface area contributed by atoms with Gasteiger partial charge >= 0.3 is 0 Å². The highest BCUT2D eigenvalue weighted by Gasteiger charge is 2.05. The van der Waals surface area contributed by atoms with E-state index < -0.39 is 0 Å². The van der Waals surface area contributed by atoms with Crippen LogP contribution in [0.3, 0.4) is 0 Å². The van der Waals surface area contributed by atoms with E-state index in [0.717, 1.165) is 17.8 Å². The lowest BCUT2D eigenvalue weighted by Gasteiger charge is -2.18. The van der Waals surface area contributed by atoms with Gasteiger partial charge in [0, 0.05) is 24.0 Å². The second-order valence-electron chi connectivity index (χ2n) is 4.77. The molecule has 0 bridgehead atoms. The third-order valence-corrected chi connectivity index (χ3v) is 1.99. The van der Waals surface area contributed by atoms with Crippen LogP contribution in [-0.2, 0) is 0 Å². The van der Waals surface area contributed by atoms with Crippen molar-refractivity contribution in [2.45, 2.75) is 33.2 Å². The molecule has 0 saturated heterocycles. The Labute approximate surface area is 92.4 Å². The highest BCUT2D eigenvalue weighted by Crippen LogP contribution is 2.02. The maximum Gasteiger partial charge on any atom is 0.0373 e. The normalized spacial score (nSPS) is 12.3. The van der Waals surface area contributed by atoms with Gasteiger partial charge < -0.3 is 5.32 Å². The van der Waals surface area contributed by atoms with E-state index in [1.165, 1.54) is 0 Å². The van der Waals surface area contributed by atoms with Gasteiger partial charge in [0.25, 0.3) is 0 Å². The van der Waals surface area contributed by atoms with Crippen LogP contribution >= 0.6 is 0 Å². The zero-order valence-electron chi connectivity index (χ0n) is 10.0. The quantitative estimate of drug-likeness (QED) is 0.819. The highest BCUT2D eigenvalue weighted by atomic mass is 14.9. The average molecular weight is 204 g/mol. The third-order valence-electron chi connectivity index (χ3n) is 1.99. The number of hydrogen-bond donors (Lipinski definition) is 1. The molecule has 0 fully saturated rings. The summed E-state index contributed by atoms with van der Waals surface area (Å²) < 4.78 is 0. The summed E-state index contributed by atoms with van der Waals surface area (Å²) in [6.45, 7) is 9.36. The number of nitrogens with one attached hydrogen (secondary N) is 1. The Morgan fingerprint density at radius 3 is 2.60 bits per heavy atom. The summed E-state index contributed by atoms with van der Waals surface area (Å²) in [5.74, 6) is 0. The van der Waals surface area contributed by atoms with Crippen molar-refractivity contribution >= 4 is 6.08 Å². The van der Waals surface area contributed by atoms with Crippen LogP contribution in [0.5, 0.6) is 0 Å². The molecule has 0 saturated carbocycles. The maximum atomic E-state index is 4.23. The first-order valence-electron chi connectivity index (χ1n) is 5.31. The van der Waals surface area contributed by atoms with Gasteiger partial charge in [-0.1, -0.05) is 18.2 Å². The Bertz CT molecular complexity index is 317. The van der Waals surface area contributed by atoms with E-state index in [0.29, 0.717) is 0 Å². The molecule has 1 aromatic rings. The van der Waals surface area contributed by atoms with Crippen LogP contribution in [0.4, 0.5) is 0 Å². The van der Waals surface area contributed by atoms with Gasteiger partial charge in [-0.2, -0.15) is 0 Å². The molecule has 2 nitrogen and oxygen atoms in total. The zero-order valence-corrected chi connectivity index (χ0v) is 10.0. The van der Waals surface area contributed by atoms with Crippen molar-refractivity contribution < 1.29 is 0 Å². The maximum absolute atomic E-state index is 4.23. The molecule has 0 aliphatic rings. The molecule has 1 rings (SSSR count). The van der Waals surface area contributed by atoms with E-state index in [2.05, 4.69) is 49.3 Å². The summed E-state index contributed by atoms with van der Waals surface area (Å²) in [5.41, 5.74) is 2.38. The van der Waals surface area contributed by atoms with Gasteiger partial charge in [0.1, 0.15) is 0 Å². The number of hydrogen-bond acceptors (Lipinski definition) is 2. The largest absolute Gasteiger partial charge is 0.309 e. The topological polar surface area (TPSA) is 24.9 Å². The van der Waals surface area contributed by atoms with Gasteiger partial charge in [0.05, 0.1) is 0 Å². The van der Waals surface area contributed by atoms with Crippen molar-refractivity contribution in [3.05, 3.63) is 35.7 Å². The first-order chi connectivity index (χ1) is 6.97. The minimum absolute atomic E-state index is 0.176. The molecule has 0 aliphatic carbocycles. The van der Waals surface area contributed by atoms with E-state index in [-0.39, 0.29) is 5.54 Å². The number of aryl methyl sites for hydroxylation is 1. The summed E-state index contributed by atoms with van der Waals surface area (Å²) >= 11 is 0. The van der Waals surface area contributed by atoms with Crippen LogP contribution < -0.4 is 5.32 Å². The van der Waals surface area contributed by atoms with Crippen LogP contribution in [0.25, 0.3) is 6.08 Å². The predicted octanol–water partition coefficient (Wildman–Crippen LogP) is 2.79. The molecular weight excluding hydrogens is 184 g/mol. The fourth-order valence-electron chi connectivity index (χ4n) is 1.14. The molecular formula is C13H20N2. The molecule has 0 spiro atoms. The summed E-state index contributed by atoms with van der Waals surface area (Å²) in [7, 11) is 0. The first-order valence-corrected chi connectivity index (χ1v) is 5.31. The van der Waals surface area contributed by atoms with Crippen LogP contribution in [0, 0.1) is 6.92 Å². The minimum Gasteiger partial charge on any atom is -0.309 e. The number of pyridine rings is 1. The molecule has 0 amide bonds. The fraction of sp³-hybridized carbons (Fsp3) is 0.462. The van der Waals surface area contributed by atoms with Crippen molar-refractivity contribution in [3.63, 3.8) is 0 Å². The summed E-state index contributed by atoms with van der Waals surface area (Å²) in [6.07, 6.45) is 6.10. The van der Waals surface area contributed by atoms with Gasteiger partial charge in [-0.25, -0.2) is 0 Å². The van der Waals surface area contributed by atoms with Crippen molar-refractivity contribution in [1.82, 2.24) is 10.3 Å². The fourth-order valence-corrected chi connectivity index (χ4v) is 1.14. The van der Waals surface area contributed by atoms with Crippen molar-refractivity contribution in [2.24, 2.45) is 0 Å². The van der Waals surface area contributed by atoms with E-state index >= 15 is 0 Å². The van der Waals surface area contributed by atoms with Crippen molar-refractivity contribution in [2.75, 3.05) is 6.54 Å². The molecule has 0 aromatic carbocycles. The molecule has 0 radical (unpaired) electrons. The van der Waals surface area contributed by atoms with Gasteiger partial charge in [0.2, 0.25) is 0 Å². The molecule has 82 valence electrons. The molecule has 0 aliphatic heterocycles. The third kappa shape index (κ3) is 5.33. The zero-order chi connectivity index (χ0) is 11.3. The SMILES string of the molecule is Cc1ccc(/C=C/CNC(C)(C)C)cn1. The molecule has 15 heavy (non-hydrogen) atoms. The Morgan fingerprint density at radius 1 is 1.33 bits per heavy atom. The van der Waals surface area contributed by atoms with Crippen molar-refractivity contribution in [1.29, 1.82) is 0 Å². The van der Waals surface area contributed by atoms with Crippen LogP contribution in [0.1, 0.15) is 32.0 Å². The van der Waals surface area contributed by atoms with Crippen LogP contribution in [-0.4, -0.2) is 17.1 Å². The Kier molecular flexibility index (Phi) is 4.04. The molecule has 0 atom stereocenters. The Morgan fingerprint density at radius 2 is 2.07 bits per heavy atom. The van der Waals surface area contributed by atoms with Gasteiger partial charge in [-0.3, -0.25) is 4.98 Å². The van der Waals surface area contributed by atoms with E-state index in [1.54, 1.807) is 0 Å². The van der Waals surface area contributed by atoms with E-state index in [4.69, 9.17) is 0 Å². The molecule has 1 heterocycles. The second kappa shape index (κ2) is 5.08. The Balaban J connectivity index is 2.42. The lowest BCUT2D eigenvalue weighted by atomic mass is 10.1. The van der Waals surface area contributed by atoms with E-state index in [1.807, 2.05) is 19.2 Å². The minimum atomic E-state index is 0.176. The number of nitrogens with zero attached hydrogens (tertiary/aromatic N) is 1. The lowest BCUT2D eigenvalue weighted by Crippen LogP contribution is -2.35. The number of rotatable bonds is 3. The van der Waals surface area contributed by atoms with Crippen LogP contribution in [0.2, 0.25) is 0 Å².